The number of aliphatic hydroxyl groups is 7. The molecular weight excluding hydrogens is 881 g/mol. The van der Waals surface area contributed by atoms with E-state index in [0.29, 0.717) is 30.5 Å². The molecule has 1 saturated heterocycles. The molecule has 0 amide bonds. The van der Waals surface area contributed by atoms with E-state index in [2.05, 4.69) is 16.7 Å². The zero-order valence-electron chi connectivity index (χ0n) is 36.2. The lowest BCUT2D eigenvalue weighted by Gasteiger charge is -2.59. The second-order valence-electron chi connectivity index (χ2n) is 19.9. The Morgan fingerprint density at radius 3 is 2.61 bits per heavy atom. The smallest absolute Gasteiger partial charge is 0.229 e. The molecule has 0 aromatic heterocycles. The predicted molar refractivity (Wildman–Crippen MR) is 246 cm³/mol. The Kier molecular flexibility index (Phi) is 10.3. The molecule has 9 N–H and O–H groups in total. The van der Waals surface area contributed by atoms with Crippen molar-refractivity contribution in [2.75, 3.05) is 19.8 Å². The largest absolute Gasteiger partial charge is 0.511 e. The van der Waals surface area contributed by atoms with Gasteiger partial charge in [-0.3, -0.25) is 9.59 Å². The number of benzene rings is 2. The standard InChI is InChI=1S/C51H54N2O11S2/c54-15-3-8-37-51-33(18-26(19-36(51)57)17-24-4-1-5-25(16-24)21-55)42(58)30-6-2-7-34(39(30)44(51)60)63-48-45(61)50(62,43(59)35(22-56)64-48)23-49-28-10-9-27-20-52-46-40(41(27)49)38-29(32(49)14-11-28)12-13-31(38)47(53-46)66-65-37/h1-2,4-7,12,16,18-19,28,32-33,35,37,43,45,47-48,52-57,59,61-62H,3,8-11,13-15,17,20-23H2. The number of ether oxygens (including phenoxy) is 2. The molecule has 12 unspecified atom stereocenters. The summed E-state index contributed by atoms with van der Waals surface area (Å²) in [6, 6.07) is 12.0. The molecule has 15 heteroatoms. The SMILES string of the molecule is O=C1c2cccc3c2C(=O)C2(C(O)=CC(Cc4cccc(CO)c4)=CC12)C(CCCO)SSC1NC2=C4C5=C1CC=C5C1CCC5CCC(=C4C51CC1(O)C(O)C(CO)OC(O3)C1O)CN2. The van der Waals surface area contributed by atoms with Crippen LogP contribution < -0.4 is 15.4 Å². The van der Waals surface area contributed by atoms with Gasteiger partial charge in [-0.05, 0) is 126 Å². The highest BCUT2D eigenvalue weighted by Crippen LogP contribution is 2.72. The zero-order chi connectivity index (χ0) is 45.4. The van der Waals surface area contributed by atoms with Crippen LogP contribution in [0.15, 0.2) is 111 Å². The Labute approximate surface area is 389 Å². The highest BCUT2D eigenvalue weighted by molar-refractivity contribution is 8.77. The molecule has 12 atom stereocenters. The first-order chi connectivity index (χ1) is 32.0. The van der Waals surface area contributed by atoms with Crippen LogP contribution in [0.5, 0.6) is 5.75 Å². The van der Waals surface area contributed by atoms with E-state index < -0.39 is 70.4 Å². The second kappa shape index (κ2) is 15.7. The second-order valence-corrected chi connectivity index (χ2v) is 22.4. The van der Waals surface area contributed by atoms with Gasteiger partial charge in [0.1, 0.15) is 52.0 Å². The third-order valence-corrected chi connectivity index (χ3v) is 20.0. The first kappa shape index (κ1) is 43.1. The van der Waals surface area contributed by atoms with Gasteiger partial charge in [0, 0.05) is 35.0 Å². The normalized spacial score (nSPS) is 38.2. The predicted octanol–water partition coefficient (Wildman–Crippen LogP) is 4.75. The van der Waals surface area contributed by atoms with Gasteiger partial charge < -0.3 is 55.9 Å². The number of hydrogen-bond acceptors (Lipinski definition) is 15. The Balaban J connectivity index is 1.06. The lowest BCUT2D eigenvalue weighted by atomic mass is 9.49. The van der Waals surface area contributed by atoms with Crippen LogP contribution in [-0.2, 0) is 17.8 Å². The van der Waals surface area contributed by atoms with Crippen molar-refractivity contribution in [2.45, 2.75) is 105 Å². The molecule has 12 bridgehead atoms. The number of ketones is 2. The Bertz CT molecular complexity index is 2670. The maximum atomic E-state index is 16.0. The fourth-order valence-corrected chi connectivity index (χ4v) is 17.5. The highest BCUT2D eigenvalue weighted by atomic mass is 33.1. The number of hydrogen-bond donors (Lipinski definition) is 9. The number of carbonyl (C=O) groups excluding carboxylic acids is 2. The van der Waals surface area contributed by atoms with Crippen LogP contribution in [0.1, 0.15) is 83.2 Å². The van der Waals surface area contributed by atoms with Crippen LogP contribution in [0.25, 0.3) is 0 Å². The van der Waals surface area contributed by atoms with Gasteiger partial charge in [0.25, 0.3) is 0 Å². The summed E-state index contributed by atoms with van der Waals surface area (Å²) in [5.41, 5.74) is 4.41. The quantitative estimate of drug-likeness (QED) is 0.171. The minimum absolute atomic E-state index is 0.00725. The lowest BCUT2D eigenvalue weighted by molar-refractivity contribution is -0.321. The van der Waals surface area contributed by atoms with Gasteiger partial charge in [-0.2, -0.15) is 0 Å². The molecular formula is C51H54N2O11S2. The summed E-state index contributed by atoms with van der Waals surface area (Å²) in [7, 11) is 2.99. The summed E-state index contributed by atoms with van der Waals surface area (Å²) in [5, 5.41) is 88.2. The van der Waals surface area contributed by atoms with Crippen LogP contribution in [0.4, 0.5) is 0 Å². The number of dihydropyridines is 2. The van der Waals surface area contributed by atoms with Crippen LogP contribution >= 0.6 is 21.6 Å². The topological polar surface area (TPSA) is 218 Å². The minimum Gasteiger partial charge on any atom is -0.511 e. The summed E-state index contributed by atoms with van der Waals surface area (Å²) < 4.78 is 12.7. The van der Waals surface area contributed by atoms with Crippen molar-refractivity contribution in [1.29, 1.82) is 0 Å². The number of rotatable bonds is 7. The molecule has 2 aromatic carbocycles. The van der Waals surface area contributed by atoms with Crippen molar-refractivity contribution in [3.63, 3.8) is 0 Å². The zero-order valence-corrected chi connectivity index (χ0v) is 37.9. The molecule has 66 heavy (non-hydrogen) atoms. The molecule has 2 saturated carbocycles. The van der Waals surface area contributed by atoms with Gasteiger partial charge in [-0.15, -0.1) is 0 Å². The van der Waals surface area contributed by atoms with Crippen molar-refractivity contribution in [1.82, 2.24) is 10.6 Å². The average Bonchev–Trinajstić information content (AvgIpc) is 3.93. The first-order valence-corrected chi connectivity index (χ1v) is 25.6. The molecule has 2 aromatic rings. The van der Waals surface area contributed by atoms with E-state index in [-0.39, 0.29) is 72.3 Å². The Hall–Kier alpha value is -4.16. The number of nitrogens with one attached hydrogen (secondary N) is 2. The molecule has 346 valence electrons. The number of carbonyl (C=O) groups is 2. The maximum Gasteiger partial charge on any atom is 0.229 e. The summed E-state index contributed by atoms with van der Waals surface area (Å²) in [6.07, 6.45) is 4.02. The lowest BCUT2D eigenvalue weighted by Crippen LogP contribution is -2.70. The fraction of sp³-hybridized carbons (Fsp3) is 0.490. The Morgan fingerprint density at radius 2 is 1.79 bits per heavy atom. The van der Waals surface area contributed by atoms with Gasteiger partial charge in [0.05, 0.1) is 24.7 Å². The van der Waals surface area contributed by atoms with E-state index in [1.807, 2.05) is 24.3 Å². The molecule has 3 fully saturated rings. The number of allylic oxidation sites excluding steroid dienone is 9. The van der Waals surface area contributed by atoms with E-state index in [1.54, 1.807) is 35.1 Å². The third-order valence-electron chi connectivity index (χ3n) is 16.8. The van der Waals surface area contributed by atoms with Crippen molar-refractivity contribution in [3.05, 3.63) is 134 Å². The van der Waals surface area contributed by atoms with E-state index in [1.165, 1.54) is 44.7 Å². The molecule has 14 rings (SSSR count). The highest BCUT2D eigenvalue weighted by Gasteiger charge is 2.69. The Morgan fingerprint density at radius 1 is 0.955 bits per heavy atom. The van der Waals surface area contributed by atoms with Crippen LogP contribution in [0.3, 0.4) is 0 Å². The molecule has 0 radical (unpaired) electrons. The number of aliphatic hydroxyl groups excluding tert-OH is 6. The van der Waals surface area contributed by atoms with Gasteiger partial charge in [-0.25, -0.2) is 0 Å². The van der Waals surface area contributed by atoms with Crippen molar-refractivity contribution in [2.24, 2.45) is 28.6 Å². The number of Topliss-reactive ketones (excluding diaryl/α,β-unsaturated/α-hetero) is 2. The first-order valence-electron chi connectivity index (χ1n) is 23.4. The van der Waals surface area contributed by atoms with Crippen LogP contribution in [0.2, 0.25) is 0 Å². The van der Waals surface area contributed by atoms with Crippen LogP contribution in [-0.4, -0.2) is 108 Å². The summed E-state index contributed by atoms with van der Waals surface area (Å²) >= 11 is 0. The van der Waals surface area contributed by atoms with Gasteiger partial charge >= 0.3 is 0 Å². The van der Waals surface area contributed by atoms with E-state index >= 15 is 9.59 Å². The molecule has 6 aliphatic heterocycles. The molecule has 12 aliphatic rings. The van der Waals surface area contributed by atoms with Crippen molar-refractivity contribution in [3.8, 4) is 5.75 Å². The van der Waals surface area contributed by atoms with Gasteiger partial charge in [-0.1, -0.05) is 70.1 Å². The maximum absolute atomic E-state index is 16.0. The van der Waals surface area contributed by atoms with Gasteiger partial charge in [0.2, 0.25) is 6.29 Å². The van der Waals surface area contributed by atoms with E-state index in [0.717, 1.165) is 42.6 Å². The molecule has 6 heterocycles. The average molecular weight is 935 g/mol. The van der Waals surface area contributed by atoms with Crippen molar-refractivity contribution >= 4 is 33.2 Å². The monoisotopic (exact) mass is 934 g/mol. The van der Waals surface area contributed by atoms with Crippen molar-refractivity contribution < 1.29 is 54.8 Å². The molecule has 6 aliphatic carbocycles. The fourth-order valence-electron chi connectivity index (χ4n) is 14.0. The molecule has 2 spiro atoms. The van der Waals surface area contributed by atoms with Gasteiger partial charge in [0.15, 0.2) is 11.6 Å². The third kappa shape index (κ3) is 5.81. The summed E-state index contributed by atoms with van der Waals surface area (Å²) in [6.45, 7) is -0.459. The summed E-state index contributed by atoms with van der Waals surface area (Å²) in [4.78, 5) is 31.3. The van der Waals surface area contributed by atoms with E-state index in [4.69, 9.17) is 9.47 Å². The van der Waals surface area contributed by atoms with Crippen LogP contribution in [0, 0.1) is 28.6 Å². The minimum atomic E-state index is -2.26. The molecule has 13 nitrogen and oxygen atoms in total. The summed E-state index contributed by atoms with van der Waals surface area (Å²) in [5.74, 6) is -1.59. The van der Waals surface area contributed by atoms with E-state index in [9.17, 15) is 35.7 Å².